The van der Waals surface area contributed by atoms with Gasteiger partial charge >= 0.3 is 6.09 Å². The van der Waals surface area contributed by atoms with Gasteiger partial charge in [-0.2, -0.15) is 0 Å². The minimum atomic E-state index is -0.555. The predicted octanol–water partition coefficient (Wildman–Crippen LogP) is 5.95. The summed E-state index contributed by atoms with van der Waals surface area (Å²) >= 11 is 1.34. The van der Waals surface area contributed by atoms with E-state index in [2.05, 4.69) is 36.4 Å². The van der Waals surface area contributed by atoms with E-state index in [4.69, 9.17) is 4.74 Å². The number of carbonyl (C=O) groups excluding carboxylic acids is 3. The van der Waals surface area contributed by atoms with Gasteiger partial charge in [0.05, 0.1) is 12.3 Å². The number of carbonyl (C=O) groups is 3. The first-order valence-electron chi connectivity index (χ1n) is 14.4. The van der Waals surface area contributed by atoms with Gasteiger partial charge in [-0.15, -0.1) is 11.3 Å². The molecule has 3 fully saturated rings. The second-order valence-corrected chi connectivity index (χ2v) is 12.7. The third kappa shape index (κ3) is 6.80. The molecule has 39 heavy (non-hydrogen) atoms. The SMILES string of the molecule is CC1CCC(C(C)C)C(COC(=O)N2CCC[C@@H]2C(=O)Nc2nc(-c3ccc(C(=O)NC4CC4)cc3)cs2)C1. The summed E-state index contributed by atoms with van der Waals surface area (Å²) < 4.78 is 5.80. The van der Waals surface area contributed by atoms with Crippen molar-refractivity contribution in [2.75, 3.05) is 18.5 Å². The summed E-state index contributed by atoms with van der Waals surface area (Å²) in [6.07, 6.45) is 6.60. The molecule has 1 aromatic heterocycles. The molecule has 1 aliphatic heterocycles. The fourth-order valence-corrected chi connectivity index (χ4v) is 6.77. The smallest absolute Gasteiger partial charge is 0.410 e. The molecule has 1 aromatic carbocycles. The van der Waals surface area contributed by atoms with E-state index in [-0.39, 0.29) is 17.9 Å². The highest BCUT2D eigenvalue weighted by molar-refractivity contribution is 7.14. The summed E-state index contributed by atoms with van der Waals surface area (Å²) in [7, 11) is 0. The van der Waals surface area contributed by atoms with Gasteiger partial charge in [0.15, 0.2) is 5.13 Å². The van der Waals surface area contributed by atoms with Gasteiger partial charge in [-0.1, -0.05) is 39.3 Å². The van der Waals surface area contributed by atoms with Crippen molar-refractivity contribution in [3.8, 4) is 11.3 Å². The second kappa shape index (κ2) is 12.1. The number of rotatable bonds is 8. The van der Waals surface area contributed by atoms with E-state index < -0.39 is 6.04 Å². The molecule has 2 saturated carbocycles. The van der Waals surface area contributed by atoms with E-state index in [1.165, 1.54) is 24.2 Å². The number of hydrogen-bond donors (Lipinski definition) is 2. The zero-order chi connectivity index (χ0) is 27.5. The van der Waals surface area contributed by atoms with Crippen molar-refractivity contribution >= 4 is 34.4 Å². The molecular weight excluding hydrogens is 512 g/mol. The van der Waals surface area contributed by atoms with Gasteiger partial charge in [0, 0.05) is 29.1 Å². The molecule has 0 bridgehead atoms. The number of benzene rings is 1. The maximum Gasteiger partial charge on any atom is 0.410 e. The first-order valence-corrected chi connectivity index (χ1v) is 15.3. The first-order chi connectivity index (χ1) is 18.8. The normalized spacial score (nSPS) is 25.0. The highest BCUT2D eigenvalue weighted by atomic mass is 32.1. The van der Waals surface area contributed by atoms with Gasteiger partial charge in [0.2, 0.25) is 5.91 Å². The molecule has 2 aromatic rings. The molecule has 1 saturated heterocycles. The molecular formula is C30H40N4O4S. The quantitative estimate of drug-likeness (QED) is 0.422. The lowest BCUT2D eigenvalue weighted by Crippen LogP contribution is -2.44. The molecule has 4 atom stereocenters. The Bertz CT molecular complexity index is 1180. The predicted molar refractivity (Wildman–Crippen MR) is 153 cm³/mol. The highest BCUT2D eigenvalue weighted by Crippen LogP contribution is 2.38. The maximum absolute atomic E-state index is 13.1. The van der Waals surface area contributed by atoms with Crippen LogP contribution in [-0.4, -0.2) is 53.0 Å². The molecule has 2 aliphatic carbocycles. The van der Waals surface area contributed by atoms with Crippen molar-refractivity contribution in [2.24, 2.45) is 23.7 Å². The number of ether oxygens (including phenoxy) is 1. The van der Waals surface area contributed by atoms with Crippen molar-refractivity contribution < 1.29 is 19.1 Å². The Balaban J connectivity index is 1.15. The number of likely N-dealkylation sites (tertiary alicyclic amines) is 1. The molecule has 0 spiro atoms. The van der Waals surface area contributed by atoms with Crippen LogP contribution in [0.3, 0.4) is 0 Å². The lowest BCUT2D eigenvalue weighted by Gasteiger charge is -2.37. The Hall–Kier alpha value is -2.94. The van der Waals surface area contributed by atoms with Crippen LogP contribution in [0, 0.1) is 23.7 Å². The van der Waals surface area contributed by atoms with E-state index in [1.54, 1.807) is 17.0 Å². The lowest BCUT2D eigenvalue weighted by atomic mass is 9.70. The minimum absolute atomic E-state index is 0.0528. The third-order valence-corrected chi connectivity index (χ3v) is 9.22. The molecule has 3 aliphatic rings. The van der Waals surface area contributed by atoms with Crippen LogP contribution in [0.4, 0.5) is 9.93 Å². The summed E-state index contributed by atoms with van der Waals surface area (Å²) in [6, 6.07) is 7.09. The lowest BCUT2D eigenvalue weighted by molar-refractivity contribution is -0.120. The van der Waals surface area contributed by atoms with E-state index in [9.17, 15) is 14.4 Å². The van der Waals surface area contributed by atoms with E-state index in [1.807, 2.05) is 17.5 Å². The molecule has 3 amide bonds. The molecule has 8 nitrogen and oxygen atoms in total. The molecule has 210 valence electrons. The van der Waals surface area contributed by atoms with E-state index in [0.717, 1.165) is 36.9 Å². The van der Waals surface area contributed by atoms with Gasteiger partial charge < -0.3 is 15.4 Å². The van der Waals surface area contributed by atoms with Crippen molar-refractivity contribution in [1.29, 1.82) is 0 Å². The van der Waals surface area contributed by atoms with Crippen LogP contribution in [-0.2, 0) is 9.53 Å². The van der Waals surface area contributed by atoms with Crippen LogP contribution >= 0.6 is 11.3 Å². The summed E-state index contributed by atoms with van der Waals surface area (Å²) in [5, 5.41) is 8.26. The summed E-state index contributed by atoms with van der Waals surface area (Å²) in [6.45, 7) is 7.73. The maximum atomic E-state index is 13.1. The minimum Gasteiger partial charge on any atom is -0.449 e. The van der Waals surface area contributed by atoms with Crippen molar-refractivity contribution in [3.05, 3.63) is 35.2 Å². The van der Waals surface area contributed by atoms with E-state index in [0.29, 0.717) is 60.0 Å². The number of anilines is 1. The number of nitrogens with zero attached hydrogens (tertiary/aromatic N) is 2. The Kier molecular flexibility index (Phi) is 8.54. The van der Waals surface area contributed by atoms with Crippen LogP contribution in [0.2, 0.25) is 0 Å². The molecule has 0 radical (unpaired) electrons. The van der Waals surface area contributed by atoms with Crippen LogP contribution in [0.15, 0.2) is 29.6 Å². The topological polar surface area (TPSA) is 101 Å². The molecule has 5 rings (SSSR count). The van der Waals surface area contributed by atoms with Crippen molar-refractivity contribution in [3.63, 3.8) is 0 Å². The Morgan fingerprint density at radius 3 is 2.59 bits per heavy atom. The first kappa shape index (κ1) is 27.6. The molecule has 9 heteroatoms. The number of nitrogens with one attached hydrogen (secondary N) is 2. The van der Waals surface area contributed by atoms with Gasteiger partial charge in [0.25, 0.3) is 5.91 Å². The van der Waals surface area contributed by atoms with Crippen molar-refractivity contribution in [1.82, 2.24) is 15.2 Å². The van der Waals surface area contributed by atoms with Crippen LogP contribution in [0.25, 0.3) is 11.3 Å². The summed E-state index contributed by atoms with van der Waals surface area (Å²) in [4.78, 5) is 44.5. The Labute approximate surface area is 234 Å². The zero-order valence-corrected chi connectivity index (χ0v) is 24.0. The average molecular weight is 553 g/mol. The molecule has 2 heterocycles. The van der Waals surface area contributed by atoms with E-state index >= 15 is 0 Å². The second-order valence-electron chi connectivity index (χ2n) is 11.9. The summed E-state index contributed by atoms with van der Waals surface area (Å²) in [5.74, 6) is 1.89. The van der Waals surface area contributed by atoms with Gasteiger partial charge in [0.1, 0.15) is 6.04 Å². The molecule has 3 unspecified atom stereocenters. The number of aromatic nitrogens is 1. The Morgan fingerprint density at radius 1 is 1.10 bits per heavy atom. The fraction of sp³-hybridized carbons (Fsp3) is 0.600. The van der Waals surface area contributed by atoms with Crippen LogP contribution < -0.4 is 10.6 Å². The van der Waals surface area contributed by atoms with Gasteiger partial charge in [-0.25, -0.2) is 9.78 Å². The monoisotopic (exact) mass is 552 g/mol. The largest absolute Gasteiger partial charge is 0.449 e. The number of amides is 3. The third-order valence-electron chi connectivity index (χ3n) is 8.46. The van der Waals surface area contributed by atoms with Gasteiger partial charge in [-0.3, -0.25) is 14.5 Å². The Morgan fingerprint density at radius 2 is 1.87 bits per heavy atom. The average Bonchev–Trinajstić information content (AvgIpc) is 3.38. The van der Waals surface area contributed by atoms with Crippen LogP contribution in [0.1, 0.15) is 76.1 Å². The summed E-state index contributed by atoms with van der Waals surface area (Å²) in [5.41, 5.74) is 2.23. The van der Waals surface area contributed by atoms with Gasteiger partial charge in [-0.05, 0) is 74.3 Å². The standard InChI is InChI=1S/C30H40N4O4S/c1-18(2)24-13-6-19(3)15-22(24)16-38-30(37)34-14-4-5-26(34)28(36)33-29-32-25(17-39-29)20-7-9-21(10-8-20)27(35)31-23-11-12-23/h7-10,17-19,22-24,26H,4-6,11-16H2,1-3H3,(H,31,35)(H,32,33,36)/t19?,22?,24?,26-/m1/s1. The number of hydrogen-bond acceptors (Lipinski definition) is 6. The zero-order valence-electron chi connectivity index (χ0n) is 23.2. The van der Waals surface area contributed by atoms with Crippen LogP contribution in [0.5, 0.6) is 0 Å². The van der Waals surface area contributed by atoms with Crippen molar-refractivity contribution in [2.45, 2.75) is 77.8 Å². The molecule has 2 N–H and O–H groups in total. The highest BCUT2D eigenvalue weighted by Gasteiger charge is 2.37. The fourth-order valence-electron chi connectivity index (χ4n) is 6.05. The number of thiazole rings is 1.